The lowest BCUT2D eigenvalue weighted by molar-refractivity contribution is 0.152. The maximum absolute atomic E-state index is 13.3. The summed E-state index contributed by atoms with van der Waals surface area (Å²) in [5.74, 6) is -0.316. The number of hydrogen-bond acceptors (Lipinski definition) is 2. The van der Waals surface area contributed by atoms with Crippen LogP contribution < -0.4 is 0 Å². The van der Waals surface area contributed by atoms with Gasteiger partial charge in [-0.25, -0.2) is 4.39 Å². The molecule has 2 nitrogen and oxygen atoms in total. The normalized spacial score (nSPS) is 21.1. The molecule has 0 bridgehead atoms. The van der Waals surface area contributed by atoms with E-state index in [1.165, 1.54) is 31.4 Å². The van der Waals surface area contributed by atoms with Gasteiger partial charge in [-0.2, -0.15) is 5.26 Å². The van der Waals surface area contributed by atoms with Crippen LogP contribution in [0.25, 0.3) is 0 Å². The Morgan fingerprint density at radius 1 is 1.41 bits per heavy atom. The first-order chi connectivity index (χ1) is 8.19. The summed E-state index contributed by atoms with van der Waals surface area (Å²) in [6.45, 7) is 4.02. The summed E-state index contributed by atoms with van der Waals surface area (Å²) in [7, 11) is 0. The molecule has 0 saturated carbocycles. The molecule has 1 aliphatic rings. The number of nitrogens with zero attached hydrogens (tertiary/aromatic N) is 2. The molecule has 17 heavy (non-hydrogen) atoms. The second-order valence-electron chi connectivity index (χ2n) is 4.78. The highest BCUT2D eigenvalue weighted by Gasteiger charge is 2.18. The van der Waals surface area contributed by atoms with Crippen LogP contribution in [0.3, 0.4) is 0 Å². The van der Waals surface area contributed by atoms with Crippen molar-refractivity contribution in [2.24, 2.45) is 0 Å². The number of hydrogen-bond donors (Lipinski definition) is 0. The number of piperidine rings is 1. The maximum atomic E-state index is 13.3. The highest BCUT2D eigenvalue weighted by Crippen LogP contribution is 2.20. The molecular weight excluding hydrogens is 215 g/mol. The van der Waals surface area contributed by atoms with Crippen LogP contribution in [-0.4, -0.2) is 17.5 Å². The van der Waals surface area contributed by atoms with Crippen LogP contribution in [0.2, 0.25) is 0 Å². The van der Waals surface area contributed by atoms with Crippen molar-refractivity contribution in [2.75, 3.05) is 6.54 Å². The Hall–Kier alpha value is -1.40. The van der Waals surface area contributed by atoms with Crippen LogP contribution >= 0.6 is 0 Å². The Labute approximate surface area is 102 Å². The summed E-state index contributed by atoms with van der Waals surface area (Å²) in [6.07, 6.45) is 3.70. The molecule has 3 heteroatoms. The minimum Gasteiger partial charge on any atom is -0.296 e. The third-order valence-corrected chi connectivity index (χ3v) is 3.41. The third kappa shape index (κ3) is 3.04. The molecule has 2 rings (SSSR count). The number of rotatable bonds is 2. The largest absolute Gasteiger partial charge is 0.296 e. The molecule has 1 saturated heterocycles. The van der Waals surface area contributed by atoms with E-state index in [-0.39, 0.29) is 5.82 Å². The van der Waals surface area contributed by atoms with Crippen molar-refractivity contribution >= 4 is 0 Å². The molecule has 0 amide bonds. The van der Waals surface area contributed by atoms with E-state index >= 15 is 0 Å². The van der Waals surface area contributed by atoms with E-state index in [1.807, 2.05) is 6.07 Å². The molecule has 0 aliphatic carbocycles. The quantitative estimate of drug-likeness (QED) is 0.783. The van der Waals surface area contributed by atoms with E-state index in [0.717, 1.165) is 18.7 Å². The van der Waals surface area contributed by atoms with Gasteiger partial charge in [0.1, 0.15) is 5.82 Å². The van der Waals surface area contributed by atoms with Crippen LogP contribution in [0.4, 0.5) is 4.39 Å². The van der Waals surface area contributed by atoms with Gasteiger partial charge in [-0.05, 0) is 50.1 Å². The van der Waals surface area contributed by atoms with Gasteiger partial charge in [0.05, 0.1) is 11.6 Å². The van der Waals surface area contributed by atoms with Gasteiger partial charge in [0, 0.05) is 12.6 Å². The minimum absolute atomic E-state index is 0.316. The number of likely N-dealkylation sites (tertiary alicyclic amines) is 1. The fraction of sp³-hybridized carbons (Fsp3) is 0.500. The van der Waals surface area contributed by atoms with E-state index in [4.69, 9.17) is 5.26 Å². The van der Waals surface area contributed by atoms with Crippen LogP contribution in [0.1, 0.15) is 37.3 Å². The van der Waals surface area contributed by atoms with Gasteiger partial charge >= 0.3 is 0 Å². The van der Waals surface area contributed by atoms with Crippen molar-refractivity contribution in [2.45, 2.75) is 38.8 Å². The highest BCUT2D eigenvalue weighted by atomic mass is 19.1. The molecule has 0 N–H and O–H groups in total. The molecule has 1 fully saturated rings. The predicted octanol–water partition coefficient (Wildman–Crippen LogP) is 3.07. The lowest BCUT2D eigenvalue weighted by Crippen LogP contribution is -2.36. The van der Waals surface area contributed by atoms with E-state index in [0.29, 0.717) is 11.6 Å². The fourth-order valence-corrected chi connectivity index (χ4v) is 2.43. The van der Waals surface area contributed by atoms with Gasteiger partial charge in [0.25, 0.3) is 0 Å². The van der Waals surface area contributed by atoms with Gasteiger partial charge in [-0.15, -0.1) is 0 Å². The Kier molecular flexibility index (Phi) is 3.75. The zero-order valence-corrected chi connectivity index (χ0v) is 10.1. The van der Waals surface area contributed by atoms with Crippen molar-refractivity contribution in [3.8, 4) is 6.07 Å². The standard InChI is InChI=1S/C14H17FN2/c1-11-4-2-3-5-17(11)10-13-6-12(9-16)7-14(15)8-13/h6-8,11H,2-5,10H2,1H3. The van der Waals surface area contributed by atoms with Crippen molar-refractivity contribution in [3.63, 3.8) is 0 Å². The highest BCUT2D eigenvalue weighted by molar-refractivity contribution is 5.33. The molecule has 0 radical (unpaired) electrons. The zero-order valence-electron chi connectivity index (χ0n) is 10.1. The summed E-state index contributed by atoms with van der Waals surface area (Å²) in [6, 6.07) is 7.14. The Morgan fingerprint density at radius 2 is 2.24 bits per heavy atom. The molecule has 90 valence electrons. The summed E-state index contributed by atoms with van der Waals surface area (Å²) < 4.78 is 13.3. The predicted molar refractivity (Wildman–Crippen MR) is 64.8 cm³/mol. The minimum atomic E-state index is -0.316. The third-order valence-electron chi connectivity index (χ3n) is 3.41. The first kappa shape index (κ1) is 12.1. The van der Waals surface area contributed by atoms with Crippen LogP contribution in [-0.2, 0) is 6.54 Å². The summed E-state index contributed by atoms with van der Waals surface area (Å²) in [4.78, 5) is 2.36. The van der Waals surface area contributed by atoms with Crippen LogP contribution in [0.5, 0.6) is 0 Å². The lowest BCUT2D eigenvalue weighted by atomic mass is 10.0. The van der Waals surface area contributed by atoms with Gasteiger partial charge < -0.3 is 0 Å². The SMILES string of the molecule is CC1CCCCN1Cc1cc(F)cc(C#N)c1. The van der Waals surface area contributed by atoms with Crippen molar-refractivity contribution in [1.29, 1.82) is 5.26 Å². The molecule has 0 spiro atoms. The zero-order chi connectivity index (χ0) is 12.3. The number of nitriles is 1. The van der Waals surface area contributed by atoms with Gasteiger partial charge in [0.15, 0.2) is 0 Å². The fourth-order valence-electron chi connectivity index (χ4n) is 2.43. The first-order valence-electron chi connectivity index (χ1n) is 6.12. The van der Waals surface area contributed by atoms with Gasteiger partial charge in [-0.3, -0.25) is 4.90 Å². The number of benzene rings is 1. The second kappa shape index (κ2) is 5.29. The molecule has 1 unspecified atom stereocenters. The summed E-state index contributed by atoms with van der Waals surface area (Å²) in [5.41, 5.74) is 1.31. The molecular formula is C14H17FN2. The Morgan fingerprint density at radius 3 is 2.94 bits per heavy atom. The topological polar surface area (TPSA) is 27.0 Å². The van der Waals surface area contributed by atoms with Crippen molar-refractivity contribution < 1.29 is 4.39 Å². The monoisotopic (exact) mass is 232 g/mol. The van der Waals surface area contributed by atoms with E-state index in [1.54, 1.807) is 6.07 Å². The average molecular weight is 232 g/mol. The Balaban J connectivity index is 2.12. The van der Waals surface area contributed by atoms with Crippen molar-refractivity contribution in [1.82, 2.24) is 4.90 Å². The second-order valence-corrected chi connectivity index (χ2v) is 4.78. The molecule has 1 atom stereocenters. The van der Waals surface area contributed by atoms with Gasteiger partial charge in [0.2, 0.25) is 0 Å². The summed E-state index contributed by atoms with van der Waals surface area (Å²) >= 11 is 0. The van der Waals surface area contributed by atoms with E-state index < -0.39 is 0 Å². The van der Waals surface area contributed by atoms with Crippen LogP contribution in [0, 0.1) is 17.1 Å². The molecule has 0 aromatic heterocycles. The molecule has 1 aromatic carbocycles. The van der Waals surface area contributed by atoms with Gasteiger partial charge in [-0.1, -0.05) is 6.42 Å². The van der Waals surface area contributed by atoms with E-state index in [2.05, 4.69) is 11.8 Å². The summed E-state index contributed by atoms with van der Waals surface area (Å²) in [5, 5.41) is 8.81. The molecule has 1 aliphatic heterocycles. The van der Waals surface area contributed by atoms with E-state index in [9.17, 15) is 4.39 Å². The van der Waals surface area contributed by atoms with Crippen LogP contribution in [0.15, 0.2) is 18.2 Å². The Bertz CT molecular complexity index is 436. The lowest BCUT2D eigenvalue weighted by Gasteiger charge is -2.33. The number of halogens is 1. The first-order valence-corrected chi connectivity index (χ1v) is 6.12. The van der Waals surface area contributed by atoms with Crippen molar-refractivity contribution in [3.05, 3.63) is 35.1 Å². The maximum Gasteiger partial charge on any atom is 0.124 e. The molecule has 1 heterocycles. The molecule has 1 aromatic rings. The smallest absolute Gasteiger partial charge is 0.124 e. The average Bonchev–Trinajstić information content (AvgIpc) is 2.31.